The third-order valence-corrected chi connectivity index (χ3v) is 2.75. The second-order valence-corrected chi connectivity index (χ2v) is 10.6. The summed E-state index contributed by atoms with van der Waals surface area (Å²) in [6.07, 6.45) is 0. The van der Waals surface area contributed by atoms with Crippen molar-refractivity contribution in [2.24, 2.45) is 10.8 Å². The number of amides is 2. The maximum Gasteiger partial charge on any atom is 0.288 e. The van der Waals surface area contributed by atoms with Gasteiger partial charge in [-0.15, -0.1) is 0 Å². The molecule has 2 N–H and O–H groups in total. The van der Waals surface area contributed by atoms with Gasteiger partial charge in [0, 0.05) is 21.9 Å². The number of hydrogen-bond acceptors (Lipinski definition) is 4. The van der Waals surface area contributed by atoms with Gasteiger partial charge in [-0.2, -0.15) is 0 Å². The summed E-state index contributed by atoms with van der Waals surface area (Å²) in [5, 5.41) is 5.27. The highest BCUT2D eigenvalue weighted by atomic mass is 16.2. The van der Waals surface area contributed by atoms with Crippen LogP contribution in [0.15, 0.2) is 0 Å². The molecule has 0 unspecified atom stereocenters. The van der Waals surface area contributed by atoms with Gasteiger partial charge in [-0.25, -0.2) is 0 Å². The molecule has 2 amide bonds. The lowest BCUT2D eigenvalue weighted by Crippen LogP contribution is -2.47. The van der Waals surface area contributed by atoms with Crippen LogP contribution in [-0.4, -0.2) is 34.5 Å². The molecule has 0 aliphatic carbocycles. The first kappa shape index (κ1) is 38.0. The van der Waals surface area contributed by atoms with Gasteiger partial charge >= 0.3 is 0 Å². The van der Waals surface area contributed by atoms with Gasteiger partial charge in [0.05, 0.1) is 0 Å². The highest BCUT2D eigenvalue weighted by Gasteiger charge is 2.31. The molecule has 0 fully saturated rings. The molecule has 0 radical (unpaired) electrons. The summed E-state index contributed by atoms with van der Waals surface area (Å²) in [7, 11) is 0. The van der Waals surface area contributed by atoms with Crippen molar-refractivity contribution in [1.82, 2.24) is 10.6 Å². The molecule has 0 heterocycles. The van der Waals surface area contributed by atoms with Gasteiger partial charge in [0.25, 0.3) is 11.8 Å². The molecule has 0 spiro atoms. The van der Waals surface area contributed by atoms with Crippen LogP contribution in [0.2, 0.25) is 0 Å². The highest BCUT2D eigenvalue weighted by Crippen LogP contribution is 2.15. The van der Waals surface area contributed by atoms with E-state index in [1.165, 1.54) is 0 Å². The quantitative estimate of drug-likeness (QED) is 0.621. The molecule has 0 atom stereocenters. The normalized spacial score (nSPS) is 11.2. The summed E-state index contributed by atoms with van der Waals surface area (Å²) in [5.41, 5.74) is -1.90. The van der Waals surface area contributed by atoms with Gasteiger partial charge in [0.1, 0.15) is 0 Å². The summed E-state index contributed by atoms with van der Waals surface area (Å²) in [4.78, 5) is 45.5. The Bertz CT molecular complexity index is 487. The molecule has 0 rings (SSSR count). The van der Waals surface area contributed by atoms with Crippen LogP contribution >= 0.6 is 0 Å². The van der Waals surface area contributed by atoms with E-state index in [-0.39, 0.29) is 44.9 Å². The largest absolute Gasteiger partial charge is 0.345 e. The predicted octanol–water partition coefficient (Wildman–Crippen LogP) is 4.94. The summed E-state index contributed by atoms with van der Waals surface area (Å²) < 4.78 is 0. The average Bonchev–Trinajstić information content (AvgIpc) is 2.31. The molecule has 0 aromatic carbocycles. The Labute approximate surface area is 181 Å². The van der Waals surface area contributed by atoms with Crippen LogP contribution in [0.1, 0.15) is 105 Å². The minimum absolute atomic E-state index is 0. The maximum atomic E-state index is 11.4. The molecule has 6 heteroatoms. The molecule has 0 aromatic rings. The Morgan fingerprint density at radius 3 is 0.724 bits per heavy atom. The Kier molecular flexibility index (Phi) is 16.7. The van der Waals surface area contributed by atoms with Gasteiger partial charge in [-0.3, -0.25) is 19.2 Å². The fourth-order valence-corrected chi connectivity index (χ4v) is 1.48. The zero-order valence-corrected chi connectivity index (χ0v) is 18.6. The lowest BCUT2D eigenvalue weighted by Gasteiger charge is -2.23. The Morgan fingerprint density at radius 1 is 0.448 bits per heavy atom. The molecule has 0 aliphatic rings. The van der Waals surface area contributed by atoms with E-state index < -0.39 is 22.6 Å². The number of rotatable bonds is 2. The van der Waals surface area contributed by atoms with Crippen molar-refractivity contribution in [2.45, 2.75) is 116 Å². The van der Waals surface area contributed by atoms with Gasteiger partial charge < -0.3 is 10.6 Å². The number of nitrogens with one attached hydrogen (secondary N) is 2. The zero-order chi connectivity index (χ0) is 21.7. The zero-order valence-electron chi connectivity index (χ0n) is 18.6. The fourth-order valence-electron chi connectivity index (χ4n) is 1.48. The lowest BCUT2D eigenvalue weighted by atomic mass is 9.90. The number of hydrogen-bond donors (Lipinski definition) is 2. The van der Waals surface area contributed by atoms with E-state index in [0.29, 0.717) is 0 Å². The number of carbonyl (C=O) groups is 4. The fraction of sp³-hybridized carbons (Fsp3) is 0.826. The van der Waals surface area contributed by atoms with Gasteiger partial charge in [0.15, 0.2) is 0 Å². The van der Waals surface area contributed by atoms with Crippen LogP contribution < -0.4 is 10.6 Å². The number of ketones is 2. The standard InChI is InChI=1S/2C10H19NO2.3CH4/c2*1-9(2,3)7(12)8(13)11-10(4,5)6;;;/h2*1-6H3,(H,11,13);3*1H4. The maximum absolute atomic E-state index is 11.4. The van der Waals surface area contributed by atoms with E-state index in [1.54, 1.807) is 41.5 Å². The molecule has 0 saturated heterocycles. The molecule has 29 heavy (non-hydrogen) atoms. The number of carbonyl (C=O) groups excluding carboxylic acids is 4. The monoisotopic (exact) mass is 418 g/mol. The molecule has 0 aromatic heterocycles. The van der Waals surface area contributed by atoms with E-state index in [0.717, 1.165) is 0 Å². The van der Waals surface area contributed by atoms with Crippen LogP contribution in [-0.2, 0) is 19.2 Å². The molecule has 0 saturated carbocycles. The van der Waals surface area contributed by atoms with Crippen LogP contribution in [0.3, 0.4) is 0 Å². The van der Waals surface area contributed by atoms with E-state index >= 15 is 0 Å². The van der Waals surface area contributed by atoms with E-state index in [4.69, 9.17) is 0 Å². The Hall–Kier alpha value is -1.72. The molecular formula is C23H50N2O4. The summed E-state index contributed by atoms with van der Waals surface area (Å²) >= 11 is 0. The molecule has 0 bridgehead atoms. The predicted molar refractivity (Wildman–Crippen MR) is 125 cm³/mol. The minimum atomic E-state index is -0.602. The van der Waals surface area contributed by atoms with Crippen molar-refractivity contribution in [2.75, 3.05) is 0 Å². The molecule has 0 aliphatic heterocycles. The van der Waals surface area contributed by atoms with Crippen LogP contribution in [0, 0.1) is 10.8 Å². The van der Waals surface area contributed by atoms with Crippen LogP contribution in [0.4, 0.5) is 0 Å². The summed E-state index contributed by atoms with van der Waals surface area (Å²) in [6.45, 7) is 21.5. The second kappa shape index (κ2) is 12.8. The smallest absolute Gasteiger partial charge is 0.288 e. The topological polar surface area (TPSA) is 92.3 Å². The van der Waals surface area contributed by atoms with Gasteiger partial charge in [-0.1, -0.05) is 63.8 Å². The van der Waals surface area contributed by atoms with Gasteiger partial charge in [-0.05, 0) is 41.5 Å². The SMILES string of the molecule is C.C.C.CC(C)(C)NC(=O)C(=O)C(C)(C)C.CC(C)(C)NC(=O)C(=O)C(C)(C)C. The van der Waals surface area contributed by atoms with Crippen molar-refractivity contribution in [3.63, 3.8) is 0 Å². The summed E-state index contributed by atoms with van der Waals surface area (Å²) in [5.74, 6) is -1.75. The highest BCUT2D eigenvalue weighted by molar-refractivity contribution is 6.38. The van der Waals surface area contributed by atoms with Crippen molar-refractivity contribution in [1.29, 1.82) is 0 Å². The van der Waals surface area contributed by atoms with E-state index in [2.05, 4.69) is 10.6 Å². The van der Waals surface area contributed by atoms with Crippen LogP contribution in [0.5, 0.6) is 0 Å². The van der Waals surface area contributed by atoms with Crippen molar-refractivity contribution in [3.05, 3.63) is 0 Å². The first-order valence-corrected chi connectivity index (χ1v) is 8.82. The molecular weight excluding hydrogens is 368 g/mol. The van der Waals surface area contributed by atoms with E-state index in [1.807, 2.05) is 41.5 Å². The first-order chi connectivity index (χ1) is 11.1. The summed E-state index contributed by atoms with van der Waals surface area (Å²) in [6, 6.07) is 0. The van der Waals surface area contributed by atoms with Crippen molar-refractivity contribution < 1.29 is 19.2 Å². The van der Waals surface area contributed by atoms with Crippen molar-refractivity contribution in [3.8, 4) is 0 Å². The van der Waals surface area contributed by atoms with Crippen molar-refractivity contribution >= 4 is 23.4 Å². The van der Waals surface area contributed by atoms with Crippen LogP contribution in [0.25, 0.3) is 0 Å². The minimum Gasteiger partial charge on any atom is -0.345 e. The Morgan fingerprint density at radius 2 is 0.621 bits per heavy atom. The lowest BCUT2D eigenvalue weighted by molar-refractivity contribution is -0.143. The third-order valence-electron chi connectivity index (χ3n) is 2.75. The second-order valence-electron chi connectivity index (χ2n) is 10.6. The molecule has 6 nitrogen and oxygen atoms in total. The average molecular weight is 419 g/mol. The first-order valence-electron chi connectivity index (χ1n) is 8.82. The van der Waals surface area contributed by atoms with Gasteiger partial charge in [0.2, 0.25) is 11.6 Å². The Balaban J connectivity index is -0.000000120. The van der Waals surface area contributed by atoms with E-state index in [9.17, 15) is 19.2 Å². The number of Topliss-reactive ketones (excluding diaryl/α,β-unsaturated/α-hetero) is 2. The molecule has 176 valence electrons. The third kappa shape index (κ3) is 19.4.